The standard InChI is InChI=1S/C19H18ClN3O2/c1-13-6-2-3-7-14(13)12-21-17(24)10-11-18-22-23-19(25-18)15-8-4-5-9-16(15)20/h2-9H,10-12H2,1H3,(H,21,24). The summed E-state index contributed by atoms with van der Waals surface area (Å²) in [6, 6.07) is 15.2. The lowest BCUT2D eigenvalue weighted by molar-refractivity contribution is -0.121. The molecule has 0 fully saturated rings. The first kappa shape index (κ1) is 17.2. The van der Waals surface area contributed by atoms with Gasteiger partial charge in [0, 0.05) is 19.4 Å². The number of rotatable bonds is 6. The molecule has 3 rings (SSSR count). The Bertz CT molecular complexity index is 876. The highest BCUT2D eigenvalue weighted by molar-refractivity contribution is 6.33. The van der Waals surface area contributed by atoms with E-state index in [-0.39, 0.29) is 12.3 Å². The lowest BCUT2D eigenvalue weighted by atomic mass is 10.1. The first-order valence-electron chi connectivity index (χ1n) is 8.02. The molecule has 1 amide bonds. The first-order chi connectivity index (χ1) is 12.1. The second-order valence-electron chi connectivity index (χ2n) is 5.68. The lowest BCUT2D eigenvalue weighted by Gasteiger charge is -2.07. The summed E-state index contributed by atoms with van der Waals surface area (Å²) in [5.74, 6) is 0.725. The van der Waals surface area contributed by atoms with Gasteiger partial charge in [-0.1, -0.05) is 48.0 Å². The fraction of sp³-hybridized carbons (Fsp3) is 0.211. The molecule has 0 unspecified atom stereocenters. The molecule has 1 aromatic heterocycles. The monoisotopic (exact) mass is 355 g/mol. The highest BCUT2D eigenvalue weighted by Gasteiger charge is 2.12. The van der Waals surface area contributed by atoms with Gasteiger partial charge in [0.05, 0.1) is 10.6 Å². The number of carbonyl (C=O) groups excluding carboxylic acids is 1. The van der Waals surface area contributed by atoms with Crippen molar-refractivity contribution in [3.8, 4) is 11.5 Å². The SMILES string of the molecule is Cc1ccccc1CNC(=O)CCc1nnc(-c2ccccc2Cl)o1. The van der Waals surface area contributed by atoms with Crippen LogP contribution in [0.4, 0.5) is 0 Å². The summed E-state index contributed by atoms with van der Waals surface area (Å²) in [7, 11) is 0. The number of carbonyl (C=O) groups is 1. The molecule has 6 heteroatoms. The molecule has 1 N–H and O–H groups in total. The predicted molar refractivity (Wildman–Crippen MR) is 96.1 cm³/mol. The van der Waals surface area contributed by atoms with Gasteiger partial charge in [-0.15, -0.1) is 10.2 Å². The van der Waals surface area contributed by atoms with E-state index in [1.165, 1.54) is 0 Å². The van der Waals surface area contributed by atoms with Crippen LogP contribution in [0.25, 0.3) is 11.5 Å². The zero-order valence-electron chi connectivity index (χ0n) is 13.8. The average Bonchev–Trinajstić information content (AvgIpc) is 3.08. The minimum Gasteiger partial charge on any atom is -0.421 e. The fourth-order valence-corrected chi connectivity index (χ4v) is 2.63. The van der Waals surface area contributed by atoms with Gasteiger partial charge in [-0.25, -0.2) is 0 Å². The van der Waals surface area contributed by atoms with E-state index in [4.69, 9.17) is 16.0 Å². The molecule has 0 saturated heterocycles. The number of hydrogen-bond donors (Lipinski definition) is 1. The van der Waals surface area contributed by atoms with Crippen LogP contribution in [0.5, 0.6) is 0 Å². The molecule has 0 aliphatic rings. The van der Waals surface area contributed by atoms with Crippen molar-refractivity contribution in [3.05, 3.63) is 70.6 Å². The average molecular weight is 356 g/mol. The van der Waals surface area contributed by atoms with Gasteiger partial charge >= 0.3 is 0 Å². The smallest absolute Gasteiger partial charge is 0.249 e. The van der Waals surface area contributed by atoms with Gasteiger partial charge in [0.15, 0.2) is 0 Å². The van der Waals surface area contributed by atoms with Crippen LogP contribution in [0.2, 0.25) is 5.02 Å². The highest BCUT2D eigenvalue weighted by Crippen LogP contribution is 2.26. The number of benzene rings is 2. The van der Waals surface area contributed by atoms with Crippen molar-refractivity contribution in [3.63, 3.8) is 0 Å². The van der Waals surface area contributed by atoms with Crippen LogP contribution in [0.3, 0.4) is 0 Å². The zero-order valence-corrected chi connectivity index (χ0v) is 14.6. The molecule has 0 saturated carbocycles. The van der Waals surface area contributed by atoms with Crippen molar-refractivity contribution >= 4 is 17.5 Å². The Balaban J connectivity index is 1.53. The largest absolute Gasteiger partial charge is 0.421 e. The van der Waals surface area contributed by atoms with Crippen molar-refractivity contribution in [2.45, 2.75) is 26.3 Å². The van der Waals surface area contributed by atoms with E-state index >= 15 is 0 Å². The summed E-state index contributed by atoms with van der Waals surface area (Å²) in [6.45, 7) is 2.54. The molecule has 0 spiro atoms. The van der Waals surface area contributed by atoms with Gasteiger partial charge in [0.1, 0.15) is 0 Å². The fourth-order valence-electron chi connectivity index (χ4n) is 2.41. The molecule has 0 bridgehead atoms. The molecule has 0 atom stereocenters. The Labute approximate surface area is 151 Å². The van der Waals surface area contributed by atoms with Crippen LogP contribution in [0.15, 0.2) is 52.9 Å². The van der Waals surface area contributed by atoms with Crippen molar-refractivity contribution in [1.82, 2.24) is 15.5 Å². The summed E-state index contributed by atoms with van der Waals surface area (Å²) < 4.78 is 5.60. The molecule has 2 aromatic carbocycles. The summed E-state index contributed by atoms with van der Waals surface area (Å²) in [6.07, 6.45) is 0.674. The van der Waals surface area contributed by atoms with E-state index in [1.54, 1.807) is 6.07 Å². The van der Waals surface area contributed by atoms with E-state index in [1.807, 2.05) is 49.4 Å². The van der Waals surface area contributed by atoms with Crippen LogP contribution >= 0.6 is 11.6 Å². The van der Waals surface area contributed by atoms with Crippen LogP contribution < -0.4 is 5.32 Å². The quantitative estimate of drug-likeness (QED) is 0.727. The number of aryl methyl sites for hydroxylation is 2. The molecule has 25 heavy (non-hydrogen) atoms. The van der Waals surface area contributed by atoms with Gasteiger partial charge < -0.3 is 9.73 Å². The summed E-state index contributed by atoms with van der Waals surface area (Å²) >= 11 is 6.12. The Hall–Kier alpha value is -2.66. The number of amides is 1. The molecule has 0 aliphatic carbocycles. The van der Waals surface area contributed by atoms with Crippen molar-refractivity contribution in [2.24, 2.45) is 0 Å². The second-order valence-corrected chi connectivity index (χ2v) is 6.09. The van der Waals surface area contributed by atoms with Gasteiger partial charge in [0.2, 0.25) is 17.7 Å². The molecule has 3 aromatic rings. The van der Waals surface area contributed by atoms with Crippen LogP contribution in [0.1, 0.15) is 23.4 Å². The third kappa shape index (κ3) is 4.45. The number of halogens is 1. The topological polar surface area (TPSA) is 68.0 Å². The minimum absolute atomic E-state index is 0.0549. The van der Waals surface area contributed by atoms with Crippen molar-refractivity contribution < 1.29 is 9.21 Å². The Morgan fingerprint density at radius 3 is 2.68 bits per heavy atom. The number of hydrogen-bond acceptors (Lipinski definition) is 4. The summed E-state index contributed by atoms with van der Waals surface area (Å²) in [4.78, 5) is 12.0. The van der Waals surface area contributed by atoms with Crippen molar-refractivity contribution in [2.75, 3.05) is 0 Å². The lowest BCUT2D eigenvalue weighted by Crippen LogP contribution is -2.23. The second kappa shape index (κ2) is 7.94. The van der Waals surface area contributed by atoms with E-state index in [0.29, 0.717) is 35.3 Å². The van der Waals surface area contributed by atoms with E-state index in [9.17, 15) is 4.79 Å². The van der Waals surface area contributed by atoms with Gasteiger partial charge in [-0.2, -0.15) is 0 Å². The maximum absolute atomic E-state index is 12.0. The van der Waals surface area contributed by atoms with Gasteiger partial charge in [-0.05, 0) is 30.2 Å². The molecule has 128 valence electrons. The van der Waals surface area contributed by atoms with Crippen LogP contribution in [-0.2, 0) is 17.8 Å². The van der Waals surface area contributed by atoms with E-state index in [0.717, 1.165) is 11.1 Å². The Morgan fingerprint density at radius 2 is 1.88 bits per heavy atom. The summed E-state index contributed by atoms with van der Waals surface area (Å²) in [5.41, 5.74) is 2.95. The number of nitrogens with zero attached hydrogens (tertiary/aromatic N) is 2. The molecule has 0 aliphatic heterocycles. The molecular weight excluding hydrogens is 338 g/mol. The maximum Gasteiger partial charge on any atom is 0.249 e. The Kier molecular flexibility index (Phi) is 5.46. The minimum atomic E-state index is -0.0549. The van der Waals surface area contributed by atoms with Crippen molar-refractivity contribution in [1.29, 1.82) is 0 Å². The first-order valence-corrected chi connectivity index (χ1v) is 8.40. The predicted octanol–water partition coefficient (Wildman–Crippen LogP) is 3.95. The molecule has 0 radical (unpaired) electrons. The summed E-state index contributed by atoms with van der Waals surface area (Å²) in [5, 5.41) is 11.4. The third-order valence-electron chi connectivity index (χ3n) is 3.87. The molecule has 5 nitrogen and oxygen atoms in total. The molecule has 1 heterocycles. The van der Waals surface area contributed by atoms with Crippen LogP contribution in [0, 0.1) is 6.92 Å². The van der Waals surface area contributed by atoms with Crippen LogP contribution in [-0.4, -0.2) is 16.1 Å². The highest BCUT2D eigenvalue weighted by atomic mass is 35.5. The number of nitrogens with one attached hydrogen (secondary N) is 1. The normalized spacial score (nSPS) is 10.6. The van der Waals surface area contributed by atoms with Gasteiger partial charge in [-0.3, -0.25) is 4.79 Å². The Morgan fingerprint density at radius 1 is 1.12 bits per heavy atom. The van der Waals surface area contributed by atoms with E-state index < -0.39 is 0 Å². The third-order valence-corrected chi connectivity index (χ3v) is 4.20. The van der Waals surface area contributed by atoms with Gasteiger partial charge in [0.25, 0.3) is 0 Å². The van der Waals surface area contributed by atoms with E-state index in [2.05, 4.69) is 15.5 Å². The molecular formula is C19H18ClN3O2. The number of aromatic nitrogens is 2. The zero-order chi connectivity index (χ0) is 17.6. The maximum atomic E-state index is 12.0.